The third kappa shape index (κ3) is 3.57. The molecule has 8 unspecified atom stereocenters. The summed E-state index contributed by atoms with van der Waals surface area (Å²) in [5.74, 6) is 0. The summed E-state index contributed by atoms with van der Waals surface area (Å²) in [6.07, 6.45) is -14.3. The van der Waals surface area contributed by atoms with Gasteiger partial charge in [-0.3, -0.25) is 29.4 Å². The maximum Gasteiger partial charge on any atom is 0.327 e. The zero-order chi connectivity index (χ0) is 24.2. The molecule has 0 spiro atoms. The number of hydrogen-bond acceptors (Lipinski definition) is 11. The van der Waals surface area contributed by atoms with Gasteiger partial charge in [0.1, 0.15) is 25.8 Å². The lowest BCUT2D eigenvalue weighted by Gasteiger charge is -2.28. The van der Waals surface area contributed by atoms with Crippen molar-refractivity contribution in [2.24, 2.45) is 0 Å². The van der Waals surface area contributed by atoms with Crippen LogP contribution in [0.15, 0.2) is 0 Å². The van der Waals surface area contributed by atoms with Crippen molar-refractivity contribution in [1.82, 2.24) is 29.4 Å². The van der Waals surface area contributed by atoms with Gasteiger partial charge < -0.3 is 40.9 Å². The molecule has 0 saturated carbocycles. The van der Waals surface area contributed by atoms with Crippen molar-refractivity contribution < 1.29 is 55.2 Å². The number of rotatable bonds is 6. The van der Waals surface area contributed by atoms with Crippen LogP contribution >= 0.6 is 0 Å². The molecular weight excluding hydrogens is 440 g/mol. The average Bonchev–Trinajstić information content (AvgIpc) is 3.14. The van der Waals surface area contributed by atoms with Crippen LogP contribution in [-0.4, -0.2) is 152 Å². The van der Waals surface area contributed by atoms with E-state index in [0.717, 1.165) is 13.8 Å². The molecule has 0 aromatic carbocycles. The highest BCUT2D eigenvalue weighted by Gasteiger charge is 2.53. The van der Waals surface area contributed by atoms with Crippen molar-refractivity contribution in [3.63, 3.8) is 0 Å². The number of carbonyl (C=O) groups is 3. The van der Waals surface area contributed by atoms with E-state index in [0.29, 0.717) is 29.4 Å². The Labute approximate surface area is 180 Å². The SMILES string of the molecule is CC(O)N1C(=O)N(CN2C(=O)N(CN3C(=O)N(C(C)O)C(O)C3O)C(O)C2O)C(O)C1O. The van der Waals surface area contributed by atoms with Crippen molar-refractivity contribution >= 4 is 18.1 Å². The number of aliphatic hydroxyl groups is 8. The molecule has 6 amide bonds. The predicted molar refractivity (Wildman–Crippen MR) is 96.4 cm³/mol. The molecule has 3 saturated heterocycles. The van der Waals surface area contributed by atoms with Gasteiger partial charge in [0.05, 0.1) is 0 Å². The summed E-state index contributed by atoms with van der Waals surface area (Å²) in [6, 6.07) is -3.25. The molecule has 32 heavy (non-hydrogen) atoms. The molecule has 0 aliphatic carbocycles. The number of aliphatic hydroxyl groups excluding tert-OH is 8. The maximum atomic E-state index is 12.8. The Kier molecular flexibility index (Phi) is 6.37. The first-order chi connectivity index (χ1) is 14.8. The standard InChI is InChI=1S/C15H26N6O11/c1-5(22)20-11(28)9(26)18(14(20)31)3-16-7(24)8(25)17(13(16)30)4-19-10(27)12(29)21(6(2)23)15(19)32/h5-12,22-29H,3-4H2,1-2H3. The minimum atomic E-state index is -1.95. The van der Waals surface area contributed by atoms with Crippen LogP contribution in [0.2, 0.25) is 0 Å². The first kappa shape index (κ1) is 24.1. The van der Waals surface area contributed by atoms with E-state index in [9.17, 15) is 55.2 Å². The first-order valence-electron chi connectivity index (χ1n) is 9.50. The minimum Gasteiger partial charge on any atom is -0.374 e. The topological polar surface area (TPSA) is 232 Å². The summed E-state index contributed by atoms with van der Waals surface area (Å²) in [5, 5.41) is 79.8. The molecule has 0 bridgehead atoms. The smallest absolute Gasteiger partial charge is 0.327 e. The number of amides is 6. The maximum absolute atomic E-state index is 12.8. The van der Waals surface area contributed by atoms with Crippen molar-refractivity contribution in [2.45, 2.75) is 63.7 Å². The third-order valence-corrected chi connectivity index (χ3v) is 5.49. The zero-order valence-electron chi connectivity index (χ0n) is 17.0. The van der Waals surface area contributed by atoms with E-state index in [2.05, 4.69) is 0 Å². The molecule has 3 fully saturated rings. The lowest BCUT2D eigenvalue weighted by molar-refractivity contribution is -0.120. The van der Waals surface area contributed by atoms with Gasteiger partial charge in [0.25, 0.3) is 0 Å². The molecule has 182 valence electrons. The zero-order valence-corrected chi connectivity index (χ0v) is 17.0. The molecule has 17 heteroatoms. The number of urea groups is 3. The number of carbonyl (C=O) groups excluding carboxylic acids is 3. The van der Waals surface area contributed by atoms with E-state index in [-0.39, 0.29) is 0 Å². The van der Waals surface area contributed by atoms with Crippen LogP contribution in [0.25, 0.3) is 0 Å². The lowest BCUT2D eigenvalue weighted by Crippen LogP contribution is -2.49. The van der Waals surface area contributed by atoms with Crippen LogP contribution in [0, 0.1) is 0 Å². The van der Waals surface area contributed by atoms with E-state index in [4.69, 9.17) is 0 Å². The molecule has 3 heterocycles. The quantitative estimate of drug-likeness (QED) is 0.184. The highest BCUT2D eigenvalue weighted by atomic mass is 16.4. The summed E-state index contributed by atoms with van der Waals surface area (Å²) in [5.41, 5.74) is 0. The van der Waals surface area contributed by atoms with E-state index in [1.807, 2.05) is 0 Å². The molecule has 17 nitrogen and oxygen atoms in total. The molecule has 0 radical (unpaired) electrons. The van der Waals surface area contributed by atoms with Gasteiger partial charge >= 0.3 is 18.1 Å². The molecular formula is C15H26N6O11. The van der Waals surface area contributed by atoms with Gasteiger partial charge in [-0.05, 0) is 13.8 Å². The molecule has 3 aliphatic heterocycles. The summed E-state index contributed by atoms with van der Waals surface area (Å²) >= 11 is 0. The fourth-order valence-corrected chi connectivity index (χ4v) is 3.74. The molecule has 3 aliphatic rings. The van der Waals surface area contributed by atoms with E-state index in [1.54, 1.807) is 0 Å². The second kappa shape index (κ2) is 8.45. The van der Waals surface area contributed by atoms with Crippen LogP contribution in [0.4, 0.5) is 14.4 Å². The van der Waals surface area contributed by atoms with Crippen LogP contribution in [0.1, 0.15) is 13.8 Å². The second-order valence-electron chi connectivity index (χ2n) is 7.57. The summed E-state index contributed by atoms with van der Waals surface area (Å²) in [6.45, 7) is 0.684. The predicted octanol–water partition coefficient (Wildman–Crippen LogP) is -5.30. The Morgan fingerprint density at radius 3 is 1.06 bits per heavy atom. The van der Waals surface area contributed by atoms with E-state index >= 15 is 0 Å². The lowest BCUT2D eigenvalue weighted by atomic mass is 10.4. The van der Waals surface area contributed by atoms with E-state index < -0.39 is 81.3 Å². The van der Waals surface area contributed by atoms with Gasteiger partial charge in [-0.25, -0.2) is 14.4 Å². The van der Waals surface area contributed by atoms with Gasteiger partial charge in [0.2, 0.25) is 0 Å². The number of hydrogen-bond donors (Lipinski definition) is 8. The summed E-state index contributed by atoms with van der Waals surface area (Å²) in [4.78, 5) is 40.7. The van der Waals surface area contributed by atoms with Gasteiger partial charge in [-0.15, -0.1) is 0 Å². The molecule has 8 atom stereocenters. The normalized spacial score (nSPS) is 35.6. The van der Waals surface area contributed by atoms with Gasteiger partial charge in [-0.1, -0.05) is 0 Å². The minimum absolute atomic E-state index is 0.525. The average molecular weight is 466 g/mol. The van der Waals surface area contributed by atoms with Gasteiger partial charge in [0.15, 0.2) is 37.4 Å². The van der Waals surface area contributed by atoms with Crippen molar-refractivity contribution in [3.8, 4) is 0 Å². The summed E-state index contributed by atoms with van der Waals surface area (Å²) in [7, 11) is 0. The Morgan fingerprint density at radius 1 is 0.562 bits per heavy atom. The third-order valence-electron chi connectivity index (χ3n) is 5.49. The summed E-state index contributed by atoms with van der Waals surface area (Å²) < 4.78 is 0. The molecule has 8 N–H and O–H groups in total. The van der Waals surface area contributed by atoms with E-state index in [1.165, 1.54) is 0 Å². The fraction of sp³-hybridized carbons (Fsp3) is 0.800. The second-order valence-corrected chi connectivity index (χ2v) is 7.57. The Morgan fingerprint density at radius 2 is 0.812 bits per heavy atom. The van der Waals surface area contributed by atoms with Crippen LogP contribution in [0.5, 0.6) is 0 Å². The number of nitrogens with zero attached hydrogens (tertiary/aromatic N) is 6. The van der Waals surface area contributed by atoms with Crippen LogP contribution < -0.4 is 0 Å². The first-order valence-corrected chi connectivity index (χ1v) is 9.50. The van der Waals surface area contributed by atoms with Crippen LogP contribution in [-0.2, 0) is 0 Å². The Hall–Kier alpha value is -2.51. The molecule has 0 aromatic heterocycles. The highest BCUT2D eigenvalue weighted by Crippen LogP contribution is 2.28. The molecule has 0 aromatic rings. The fourth-order valence-electron chi connectivity index (χ4n) is 3.74. The van der Waals surface area contributed by atoms with Crippen LogP contribution in [0.3, 0.4) is 0 Å². The van der Waals surface area contributed by atoms with Crippen molar-refractivity contribution in [2.75, 3.05) is 13.3 Å². The monoisotopic (exact) mass is 466 g/mol. The van der Waals surface area contributed by atoms with Crippen molar-refractivity contribution in [3.05, 3.63) is 0 Å². The molecule has 3 rings (SSSR count). The van der Waals surface area contributed by atoms with Gasteiger partial charge in [-0.2, -0.15) is 0 Å². The largest absolute Gasteiger partial charge is 0.374 e. The van der Waals surface area contributed by atoms with Crippen molar-refractivity contribution in [1.29, 1.82) is 0 Å². The highest BCUT2D eigenvalue weighted by molar-refractivity contribution is 5.81. The van der Waals surface area contributed by atoms with Gasteiger partial charge in [0, 0.05) is 0 Å². The Bertz CT molecular complexity index is 710. The Balaban J connectivity index is 1.75.